The fourth-order valence-electron chi connectivity index (χ4n) is 3.45. The molecule has 3 nitrogen and oxygen atoms in total. The Morgan fingerprint density at radius 2 is 1.90 bits per heavy atom. The zero-order chi connectivity index (χ0) is 14.7. The van der Waals surface area contributed by atoms with Gasteiger partial charge in [0.2, 0.25) is 0 Å². The van der Waals surface area contributed by atoms with Gasteiger partial charge in [0.1, 0.15) is 0 Å². The zero-order valence-corrected chi connectivity index (χ0v) is 13.1. The molecule has 3 heteroatoms. The molecule has 1 aromatic carbocycles. The predicted octanol–water partition coefficient (Wildman–Crippen LogP) is 2.68. The lowest BCUT2D eigenvalue weighted by Gasteiger charge is -2.33. The molecule has 1 saturated carbocycles. The molecular formula is C18H28N2O. The van der Waals surface area contributed by atoms with Gasteiger partial charge in [0.15, 0.2) is 0 Å². The van der Waals surface area contributed by atoms with Crippen LogP contribution < -0.4 is 5.32 Å². The molecule has 0 bridgehead atoms. The van der Waals surface area contributed by atoms with Crippen LogP contribution in [0, 0.1) is 0 Å². The van der Waals surface area contributed by atoms with Gasteiger partial charge in [-0.1, -0.05) is 31.2 Å². The van der Waals surface area contributed by atoms with E-state index in [9.17, 15) is 5.11 Å². The number of fused-ring (bicyclic) bond motifs is 1. The summed E-state index contributed by atoms with van der Waals surface area (Å²) in [5, 5.41) is 13.5. The SMILES string of the molecule is CCC(CO)(CCCN1Cc2ccccc2C1)NC1CC1. The molecule has 116 valence electrons. The van der Waals surface area contributed by atoms with E-state index in [0.717, 1.165) is 38.9 Å². The fourth-order valence-corrected chi connectivity index (χ4v) is 3.45. The van der Waals surface area contributed by atoms with Crippen LogP contribution in [0.15, 0.2) is 24.3 Å². The molecule has 1 fully saturated rings. The highest BCUT2D eigenvalue weighted by Gasteiger charge is 2.34. The van der Waals surface area contributed by atoms with Crippen LogP contribution in [0.3, 0.4) is 0 Å². The summed E-state index contributed by atoms with van der Waals surface area (Å²) in [6.07, 6.45) is 5.80. The number of aliphatic hydroxyl groups is 1. The second-order valence-corrected chi connectivity index (χ2v) is 6.79. The van der Waals surface area contributed by atoms with Crippen molar-refractivity contribution in [2.24, 2.45) is 0 Å². The van der Waals surface area contributed by atoms with Crippen LogP contribution in [-0.4, -0.2) is 34.7 Å². The number of nitrogens with zero attached hydrogens (tertiary/aromatic N) is 1. The van der Waals surface area contributed by atoms with E-state index in [-0.39, 0.29) is 12.1 Å². The van der Waals surface area contributed by atoms with E-state index < -0.39 is 0 Å². The molecule has 0 spiro atoms. The maximum Gasteiger partial charge on any atom is 0.0613 e. The van der Waals surface area contributed by atoms with Crippen LogP contribution in [-0.2, 0) is 13.1 Å². The Morgan fingerprint density at radius 1 is 1.24 bits per heavy atom. The molecule has 0 saturated heterocycles. The van der Waals surface area contributed by atoms with Crippen LogP contribution in [0.2, 0.25) is 0 Å². The maximum atomic E-state index is 9.81. The summed E-state index contributed by atoms with van der Waals surface area (Å²) in [4.78, 5) is 2.53. The summed E-state index contributed by atoms with van der Waals surface area (Å²) >= 11 is 0. The number of nitrogens with one attached hydrogen (secondary N) is 1. The van der Waals surface area contributed by atoms with E-state index in [2.05, 4.69) is 41.4 Å². The van der Waals surface area contributed by atoms with Crippen molar-refractivity contribution in [1.29, 1.82) is 0 Å². The number of benzene rings is 1. The van der Waals surface area contributed by atoms with E-state index in [1.54, 1.807) is 0 Å². The predicted molar refractivity (Wildman–Crippen MR) is 86.1 cm³/mol. The lowest BCUT2D eigenvalue weighted by atomic mass is 9.91. The summed E-state index contributed by atoms with van der Waals surface area (Å²) < 4.78 is 0. The molecular weight excluding hydrogens is 260 g/mol. The zero-order valence-electron chi connectivity index (χ0n) is 13.1. The van der Waals surface area contributed by atoms with Crippen LogP contribution in [0.1, 0.15) is 50.2 Å². The largest absolute Gasteiger partial charge is 0.394 e. The average Bonchev–Trinajstić information content (AvgIpc) is 3.22. The van der Waals surface area contributed by atoms with Crippen LogP contribution in [0.25, 0.3) is 0 Å². The Labute approximate surface area is 128 Å². The number of rotatable bonds is 8. The van der Waals surface area contributed by atoms with Crippen LogP contribution >= 0.6 is 0 Å². The summed E-state index contributed by atoms with van der Waals surface area (Å²) in [6.45, 7) is 5.76. The minimum Gasteiger partial charge on any atom is -0.394 e. The van der Waals surface area contributed by atoms with Gasteiger partial charge in [-0.05, 0) is 49.8 Å². The van der Waals surface area contributed by atoms with E-state index in [4.69, 9.17) is 0 Å². The lowest BCUT2D eigenvalue weighted by molar-refractivity contribution is 0.136. The van der Waals surface area contributed by atoms with E-state index in [1.807, 2.05) is 0 Å². The first-order valence-corrected chi connectivity index (χ1v) is 8.42. The highest BCUT2D eigenvalue weighted by Crippen LogP contribution is 2.28. The summed E-state index contributed by atoms with van der Waals surface area (Å²) in [7, 11) is 0. The standard InChI is InChI=1S/C18H28N2O/c1-2-18(14-21,19-17-8-9-17)10-5-11-20-12-15-6-3-4-7-16(15)13-20/h3-4,6-7,17,19,21H,2,5,8-14H2,1H3. The molecule has 2 aliphatic rings. The Balaban J connectivity index is 1.47. The van der Waals surface area contributed by atoms with Crippen molar-refractivity contribution in [3.63, 3.8) is 0 Å². The minimum atomic E-state index is -0.0479. The monoisotopic (exact) mass is 288 g/mol. The first-order valence-electron chi connectivity index (χ1n) is 8.42. The lowest BCUT2D eigenvalue weighted by Crippen LogP contribution is -2.49. The molecule has 1 aromatic rings. The van der Waals surface area contributed by atoms with Crippen molar-refractivity contribution < 1.29 is 5.11 Å². The normalized spacial score (nSPS) is 21.2. The molecule has 0 amide bonds. The summed E-state index contributed by atoms with van der Waals surface area (Å²) in [5.74, 6) is 0. The van der Waals surface area contributed by atoms with Crippen molar-refractivity contribution in [2.45, 2.75) is 63.7 Å². The Hall–Kier alpha value is -0.900. The molecule has 1 atom stereocenters. The Morgan fingerprint density at radius 3 is 2.43 bits per heavy atom. The molecule has 1 heterocycles. The van der Waals surface area contributed by atoms with Crippen molar-refractivity contribution >= 4 is 0 Å². The average molecular weight is 288 g/mol. The second-order valence-electron chi connectivity index (χ2n) is 6.79. The van der Waals surface area contributed by atoms with Gasteiger partial charge < -0.3 is 10.4 Å². The topological polar surface area (TPSA) is 35.5 Å². The first-order chi connectivity index (χ1) is 10.2. The third-order valence-corrected chi connectivity index (χ3v) is 5.10. The Bertz CT molecular complexity index is 441. The second kappa shape index (κ2) is 6.47. The van der Waals surface area contributed by atoms with Gasteiger partial charge in [0.25, 0.3) is 0 Å². The van der Waals surface area contributed by atoms with Crippen LogP contribution in [0.5, 0.6) is 0 Å². The fraction of sp³-hybridized carbons (Fsp3) is 0.667. The van der Waals surface area contributed by atoms with Gasteiger partial charge in [0, 0.05) is 24.7 Å². The molecule has 1 unspecified atom stereocenters. The third kappa shape index (κ3) is 3.65. The molecule has 2 N–H and O–H groups in total. The minimum absolute atomic E-state index is 0.0479. The van der Waals surface area contributed by atoms with Gasteiger partial charge in [0.05, 0.1) is 6.61 Å². The number of aliphatic hydroxyl groups excluding tert-OH is 1. The number of hydrogen-bond acceptors (Lipinski definition) is 3. The molecule has 0 aromatic heterocycles. The van der Waals surface area contributed by atoms with Crippen molar-refractivity contribution in [2.75, 3.05) is 13.2 Å². The van der Waals surface area contributed by atoms with Gasteiger partial charge >= 0.3 is 0 Å². The molecule has 0 radical (unpaired) electrons. The van der Waals surface area contributed by atoms with Crippen molar-refractivity contribution in [3.8, 4) is 0 Å². The highest BCUT2D eigenvalue weighted by molar-refractivity contribution is 5.30. The maximum absolute atomic E-state index is 9.81. The molecule has 3 rings (SSSR count). The number of hydrogen-bond donors (Lipinski definition) is 2. The van der Waals surface area contributed by atoms with Crippen molar-refractivity contribution in [1.82, 2.24) is 10.2 Å². The Kier molecular flexibility index (Phi) is 4.63. The van der Waals surface area contributed by atoms with E-state index in [0.29, 0.717) is 6.04 Å². The summed E-state index contributed by atoms with van der Waals surface area (Å²) in [6, 6.07) is 9.42. The van der Waals surface area contributed by atoms with Gasteiger partial charge in [-0.2, -0.15) is 0 Å². The van der Waals surface area contributed by atoms with E-state index >= 15 is 0 Å². The molecule has 1 aliphatic heterocycles. The van der Waals surface area contributed by atoms with Gasteiger partial charge in [-0.15, -0.1) is 0 Å². The quantitative estimate of drug-likeness (QED) is 0.772. The summed E-state index contributed by atoms with van der Waals surface area (Å²) in [5.41, 5.74) is 2.92. The molecule has 21 heavy (non-hydrogen) atoms. The first kappa shape index (κ1) is 15.0. The van der Waals surface area contributed by atoms with Gasteiger partial charge in [-0.25, -0.2) is 0 Å². The third-order valence-electron chi connectivity index (χ3n) is 5.10. The highest BCUT2D eigenvalue weighted by atomic mass is 16.3. The smallest absolute Gasteiger partial charge is 0.0613 e. The van der Waals surface area contributed by atoms with Crippen molar-refractivity contribution in [3.05, 3.63) is 35.4 Å². The van der Waals surface area contributed by atoms with Gasteiger partial charge in [-0.3, -0.25) is 4.90 Å². The van der Waals surface area contributed by atoms with Crippen LogP contribution in [0.4, 0.5) is 0 Å². The molecule has 1 aliphatic carbocycles. The van der Waals surface area contributed by atoms with E-state index in [1.165, 1.54) is 24.0 Å².